The third-order valence-corrected chi connectivity index (χ3v) is 2.08. The number of nitrogens with zero attached hydrogens (tertiary/aromatic N) is 1. The van der Waals surface area contributed by atoms with Crippen molar-refractivity contribution in [2.24, 2.45) is 0 Å². The average molecular weight is 240 g/mol. The molecule has 0 bridgehead atoms. The molecule has 0 fully saturated rings. The van der Waals surface area contributed by atoms with Gasteiger partial charge in [0.15, 0.2) is 0 Å². The standard InChI is InChI=1S/C12H14F2N2O/c1-8(2)16-10(7-15)9-5-3-4-6-11(9)17-12(13)14/h3-6,8,10,12,16H,1-2H3. The van der Waals surface area contributed by atoms with Gasteiger partial charge in [-0.1, -0.05) is 18.2 Å². The van der Waals surface area contributed by atoms with Gasteiger partial charge in [-0.15, -0.1) is 0 Å². The summed E-state index contributed by atoms with van der Waals surface area (Å²) in [7, 11) is 0. The van der Waals surface area contributed by atoms with Gasteiger partial charge in [0, 0.05) is 11.6 Å². The van der Waals surface area contributed by atoms with E-state index in [0.717, 1.165) is 0 Å². The van der Waals surface area contributed by atoms with Crippen LogP contribution in [0.3, 0.4) is 0 Å². The van der Waals surface area contributed by atoms with E-state index in [1.165, 1.54) is 6.07 Å². The first-order chi connectivity index (χ1) is 8.04. The number of hydrogen-bond acceptors (Lipinski definition) is 3. The van der Waals surface area contributed by atoms with Crippen molar-refractivity contribution in [2.75, 3.05) is 0 Å². The molecule has 0 aliphatic rings. The summed E-state index contributed by atoms with van der Waals surface area (Å²) in [5.74, 6) is 0.0298. The van der Waals surface area contributed by atoms with Gasteiger partial charge in [0.25, 0.3) is 0 Å². The molecule has 1 atom stereocenters. The van der Waals surface area contributed by atoms with Gasteiger partial charge < -0.3 is 4.74 Å². The van der Waals surface area contributed by atoms with Gasteiger partial charge in [-0.3, -0.25) is 5.32 Å². The molecule has 5 heteroatoms. The maximum atomic E-state index is 12.2. The number of nitrogens with one attached hydrogen (secondary N) is 1. The van der Waals surface area contributed by atoms with Crippen LogP contribution in [-0.4, -0.2) is 12.7 Å². The van der Waals surface area contributed by atoms with Crippen LogP contribution in [0.4, 0.5) is 8.78 Å². The number of halogens is 2. The van der Waals surface area contributed by atoms with E-state index >= 15 is 0 Å². The molecule has 0 radical (unpaired) electrons. The monoisotopic (exact) mass is 240 g/mol. The number of ether oxygens (including phenoxy) is 1. The molecule has 0 spiro atoms. The Morgan fingerprint density at radius 3 is 2.47 bits per heavy atom. The normalized spacial score (nSPS) is 12.5. The van der Waals surface area contributed by atoms with Crippen LogP contribution in [0.1, 0.15) is 25.5 Å². The Morgan fingerprint density at radius 2 is 1.94 bits per heavy atom. The van der Waals surface area contributed by atoms with Gasteiger partial charge in [-0.25, -0.2) is 0 Å². The number of para-hydroxylation sites is 1. The second kappa shape index (κ2) is 6.16. The minimum atomic E-state index is -2.89. The van der Waals surface area contributed by atoms with Crippen LogP contribution in [0, 0.1) is 11.3 Å². The summed E-state index contributed by atoms with van der Waals surface area (Å²) in [5.41, 5.74) is 0.420. The molecule has 92 valence electrons. The Kier molecular flexibility index (Phi) is 4.85. The van der Waals surface area contributed by atoms with Crippen LogP contribution in [0.15, 0.2) is 24.3 Å². The van der Waals surface area contributed by atoms with E-state index in [9.17, 15) is 8.78 Å². The number of rotatable bonds is 5. The summed E-state index contributed by atoms with van der Waals surface area (Å²) in [6.07, 6.45) is 0. The molecule has 17 heavy (non-hydrogen) atoms. The molecule has 0 saturated heterocycles. The molecular weight excluding hydrogens is 226 g/mol. The number of alkyl halides is 2. The summed E-state index contributed by atoms with van der Waals surface area (Å²) in [6.45, 7) is 0.858. The van der Waals surface area contributed by atoms with Gasteiger partial charge in [-0.05, 0) is 19.9 Å². The van der Waals surface area contributed by atoms with Crippen molar-refractivity contribution in [3.63, 3.8) is 0 Å². The number of hydrogen-bond donors (Lipinski definition) is 1. The molecule has 0 amide bonds. The molecule has 1 rings (SSSR count). The zero-order valence-electron chi connectivity index (χ0n) is 9.65. The third kappa shape index (κ3) is 4.00. The second-order valence-electron chi connectivity index (χ2n) is 3.80. The van der Waals surface area contributed by atoms with Crippen LogP contribution in [-0.2, 0) is 0 Å². The lowest BCUT2D eigenvalue weighted by Gasteiger charge is -2.18. The van der Waals surface area contributed by atoms with Crippen LogP contribution in [0.2, 0.25) is 0 Å². The van der Waals surface area contributed by atoms with Gasteiger partial charge in [-0.2, -0.15) is 14.0 Å². The summed E-state index contributed by atoms with van der Waals surface area (Å²) < 4.78 is 28.8. The minimum absolute atomic E-state index is 0.0298. The summed E-state index contributed by atoms with van der Waals surface area (Å²) in [5, 5.41) is 12.0. The highest BCUT2D eigenvalue weighted by Gasteiger charge is 2.18. The van der Waals surface area contributed by atoms with E-state index in [2.05, 4.69) is 10.1 Å². The smallest absolute Gasteiger partial charge is 0.387 e. The van der Waals surface area contributed by atoms with Crippen molar-refractivity contribution in [1.82, 2.24) is 5.32 Å². The van der Waals surface area contributed by atoms with Crippen LogP contribution >= 0.6 is 0 Å². The van der Waals surface area contributed by atoms with Crippen LogP contribution in [0.25, 0.3) is 0 Å². The minimum Gasteiger partial charge on any atom is -0.434 e. The maximum absolute atomic E-state index is 12.2. The van der Waals surface area contributed by atoms with E-state index in [4.69, 9.17) is 5.26 Å². The molecule has 0 heterocycles. The van der Waals surface area contributed by atoms with E-state index in [1.807, 2.05) is 19.9 Å². The first-order valence-corrected chi connectivity index (χ1v) is 5.24. The molecule has 1 N–H and O–H groups in total. The molecule has 0 aliphatic carbocycles. The summed E-state index contributed by atoms with van der Waals surface area (Å²) in [4.78, 5) is 0. The van der Waals surface area contributed by atoms with E-state index < -0.39 is 12.7 Å². The molecule has 1 aromatic carbocycles. The van der Waals surface area contributed by atoms with Crippen LogP contribution in [0.5, 0.6) is 5.75 Å². The molecular formula is C12H14F2N2O. The highest BCUT2D eigenvalue weighted by Crippen LogP contribution is 2.26. The van der Waals surface area contributed by atoms with Crippen molar-refractivity contribution in [2.45, 2.75) is 32.5 Å². The summed E-state index contributed by atoms with van der Waals surface area (Å²) >= 11 is 0. The third-order valence-electron chi connectivity index (χ3n) is 2.08. The van der Waals surface area contributed by atoms with Gasteiger partial charge in [0.2, 0.25) is 0 Å². The highest BCUT2D eigenvalue weighted by molar-refractivity contribution is 5.38. The lowest BCUT2D eigenvalue weighted by Crippen LogP contribution is -2.27. The Hall–Kier alpha value is -1.67. The first-order valence-electron chi connectivity index (χ1n) is 5.24. The van der Waals surface area contributed by atoms with Crippen molar-refractivity contribution in [3.8, 4) is 11.8 Å². The van der Waals surface area contributed by atoms with E-state index in [1.54, 1.807) is 18.2 Å². The zero-order chi connectivity index (χ0) is 12.8. The highest BCUT2D eigenvalue weighted by atomic mass is 19.3. The lowest BCUT2D eigenvalue weighted by molar-refractivity contribution is -0.0506. The largest absolute Gasteiger partial charge is 0.434 e. The topological polar surface area (TPSA) is 45.0 Å². The quantitative estimate of drug-likeness (QED) is 0.860. The average Bonchev–Trinajstić information content (AvgIpc) is 2.26. The van der Waals surface area contributed by atoms with Crippen molar-refractivity contribution in [3.05, 3.63) is 29.8 Å². The maximum Gasteiger partial charge on any atom is 0.387 e. The van der Waals surface area contributed by atoms with Crippen molar-refractivity contribution in [1.29, 1.82) is 5.26 Å². The first kappa shape index (κ1) is 13.4. The fraction of sp³-hybridized carbons (Fsp3) is 0.417. The van der Waals surface area contributed by atoms with Gasteiger partial charge >= 0.3 is 6.61 Å². The molecule has 0 saturated carbocycles. The van der Waals surface area contributed by atoms with Crippen molar-refractivity contribution >= 4 is 0 Å². The van der Waals surface area contributed by atoms with E-state index in [-0.39, 0.29) is 11.8 Å². The van der Waals surface area contributed by atoms with Crippen LogP contribution < -0.4 is 10.1 Å². The number of benzene rings is 1. The Labute approximate surface area is 99.0 Å². The Morgan fingerprint density at radius 1 is 1.29 bits per heavy atom. The SMILES string of the molecule is CC(C)NC(C#N)c1ccccc1OC(F)F. The fourth-order valence-corrected chi connectivity index (χ4v) is 1.45. The van der Waals surface area contributed by atoms with E-state index in [0.29, 0.717) is 5.56 Å². The Bertz CT molecular complexity index is 402. The summed E-state index contributed by atoms with van der Waals surface area (Å²) in [6, 6.07) is 7.73. The van der Waals surface area contributed by atoms with Crippen molar-refractivity contribution < 1.29 is 13.5 Å². The fourth-order valence-electron chi connectivity index (χ4n) is 1.45. The lowest BCUT2D eigenvalue weighted by atomic mass is 10.1. The molecule has 1 aromatic rings. The molecule has 3 nitrogen and oxygen atoms in total. The predicted octanol–water partition coefficient (Wildman–Crippen LogP) is 2.85. The van der Waals surface area contributed by atoms with Gasteiger partial charge in [0.05, 0.1) is 6.07 Å². The molecule has 0 aliphatic heterocycles. The Balaban J connectivity index is 2.98. The predicted molar refractivity (Wildman–Crippen MR) is 59.7 cm³/mol. The number of nitriles is 1. The molecule has 0 aromatic heterocycles. The second-order valence-corrected chi connectivity index (χ2v) is 3.80. The molecule has 1 unspecified atom stereocenters. The van der Waals surface area contributed by atoms with Gasteiger partial charge in [0.1, 0.15) is 11.8 Å². The zero-order valence-corrected chi connectivity index (χ0v) is 9.65.